The SMILES string of the molecule is C/C=C(/N)c1cnc(OC)cn1. The fourth-order valence-electron chi connectivity index (χ4n) is 0.719. The van der Waals surface area contributed by atoms with Gasteiger partial charge in [-0.2, -0.15) is 0 Å². The maximum atomic E-state index is 5.60. The van der Waals surface area contributed by atoms with Gasteiger partial charge in [-0.3, -0.25) is 0 Å². The summed E-state index contributed by atoms with van der Waals surface area (Å²) >= 11 is 0. The van der Waals surface area contributed by atoms with Crippen LogP contribution in [0, 0.1) is 0 Å². The lowest BCUT2D eigenvalue weighted by Gasteiger charge is -2.00. The molecule has 0 aliphatic heterocycles. The van der Waals surface area contributed by atoms with E-state index in [-0.39, 0.29) is 0 Å². The quantitative estimate of drug-likeness (QED) is 0.704. The van der Waals surface area contributed by atoms with Crippen molar-refractivity contribution in [1.29, 1.82) is 0 Å². The second kappa shape index (κ2) is 3.71. The van der Waals surface area contributed by atoms with E-state index >= 15 is 0 Å². The molecule has 1 aromatic rings. The lowest BCUT2D eigenvalue weighted by Crippen LogP contribution is -2.00. The molecular formula is C8H11N3O. The van der Waals surface area contributed by atoms with E-state index in [0.717, 1.165) is 0 Å². The third kappa shape index (κ3) is 1.72. The summed E-state index contributed by atoms with van der Waals surface area (Å²) in [4.78, 5) is 8.00. The third-order valence-electron chi connectivity index (χ3n) is 1.44. The van der Waals surface area contributed by atoms with Gasteiger partial charge in [-0.25, -0.2) is 9.97 Å². The molecule has 0 aromatic carbocycles. The van der Waals surface area contributed by atoms with Gasteiger partial charge in [0.1, 0.15) is 5.69 Å². The highest BCUT2D eigenvalue weighted by Crippen LogP contribution is 2.07. The Balaban J connectivity index is 2.92. The van der Waals surface area contributed by atoms with Gasteiger partial charge in [0.05, 0.1) is 25.2 Å². The predicted octanol–water partition coefficient (Wildman–Crippen LogP) is 0.805. The maximum absolute atomic E-state index is 5.60. The molecule has 12 heavy (non-hydrogen) atoms. The zero-order valence-corrected chi connectivity index (χ0v) is 7.11. The Hall–Kier alpha value is -1.58. The fourth-order valence-corrected chi connectivity index (χ4v) is 0.719. The molecule has 0 fully saturated rings. The van der Waals surface area contributed by atoms with Crippen LogP contribution in [0.4, 0.5) is 0 Å². The van der Waals surface area contributed by atoms with Gasteiger partial charge in [0.2, 0.25) is 5.88 Å². The van der Waals surface area contributed by atoms with Crippen molar-refractivity contribution in [2.24, 2.45) is 5.73 Å². The number of aromatic nitrogens is 2. The molecule has 1 aromatic heterocycles. The fraction of sp³-hybridized carbons (Fsp3) is 0.250. The van der Waals surface area contributed by atoms with Crippen molar-refractivity contribution < 1.29 is 4.74 Å². The first kappa shape index (κ1) is 8.52. The molecule has 2 N–H and O–H groups in total. The zero-order valence-electron chi connectivity index (χ0n) is 7.11. The molecule has 64 valence electrons. The first-order chi connectivity index (χ1) is 5.77. The smallest absolute Gasteiger partial charge is 0.232 e. The molecule has 0 amide bonds. The minimum atomic E-state index is 0.489. The molecule has 4 heteroatoms. The van der Waals surface area contributed by atoms with Gasteiger partial charge in [0, 0.05) is 0 Å². The number of allylic oxidation sites excluding steroid dienone is 1. The van der Waals surface area contributed by atoms with Crippen LogP contribution in [0.5, 0.6) is 5.88 Å². The number of ether oxygens (including phenoxy) is 1. The van der Waals surface area contributed by atoms with Crippen LogP contribution in [0.1, 0.15) is 12.6 Å². The molecule has 4 nitrogen and oxygen atoms in total. The molecular weight excluding hydrogens is 154 g/mol. The van der Waals surface area contributed by atoms with E-state index in [9.17, 15) is 0 Å². The van der Waals surface area contributed by atoms with Crippen molar-refractivity contribution in [3.05, 3.63) is 24.2 Å². The molecule has 0 aliphatic carbocycles. The Bertz CT molecular complexity index is 279. The van der Waals surface area contributed by atoms with Crippen molar-refractivity contribution in [1.82, 2.24) is 9.97 Å². The third-order valence-corrected chi connectivity index (χ3v) is 1.44. The van der Waals surface area contributed by atoms with Gasteiger partial charge in [-0.1, -0.05) is 6.08 Å². The highest BCUT2D eigenvalue weighted by molar-refractivity contribution is 5.57. The van der Waals surface area contributed by atoms with E-state index in [1.54, 1.807) is 19.4 Å². The molecule has 0 saturated heterocycles. The predicted molar refractivity (Wildman–Crippen MR) is 46.4 cm³/mol. The maximum Gasteiger partial charge on any atom is 0.232 e. The summed E-state index contributed by atoms with van der Waals surface area (Å²) in [6.45, 7) is 1.85. The standard InChI is InChI=1S/C8H11N3O/c1-3-6(9)7-4-11-8(12-2)5-10-7/h3-5H,9H2,1-2H3/b6-3+. The van der Waals surface area contributed by atoms with Crippen LogP contribution in [-0.4, -0.2) is 17.1 Å². The Morgan fingerprint density at radius 2 is 2.25 bits per heavy atom. The van der Waals surface area contributed by atoms with Crippen LogP contribution < -0.4 is 10.5 Å². The van der Waals surface area contributed by atoms with Gasteiger partial charge >= 0.3 is 0 Å². The minimum Gasteiger partial charge on any atom is -0.480 e. The summed E-state index contributed by atoms with van der Waals surface area (Å²) in [5.41, 5.74) is 6.88. The van der Waals surface area contributed by atoms with Crippen LogP contribution >= 0.6 is 0 Å². The van der Waals surface area contributed by atoms with E-state index in [2.05, 4.69) is 9.97 Å². The van der Waals surface area contributed by atoms with Crippen LogP contribution in [0.15, 0.2) is 18.5 Å². The van der Waals surface area contributed by atoms with E-state index in [0.29, 0.717) is 17.3 Å². The lowest BCUT2D eigenvalue weighted by atomic mass is 10.3. The molecule has 0 saturated carbocycles. The second-order valence-electron chi connectivity index (χ2n) is 2.19. The Labute approximate surface area is 71.1 Å². The van der Waals surface area contributed by atoms with Crippen LogP contribution in [0.25, 0.3) is 5.70 Å². The number of nitrogens with zero attached hydrogens (tertiary/aromatic N) is 2. The van der Waals surface area contributed by atoms with Crippen molar-refractivity contribution in [3.8, 4) is 5.88 Å². The van der Waals surface area contributed by atoms with E-state index in [4.69, 9.17) is 10.5 Å². The summed E-state index contributed by atoms with van der Waals surface area (Å²) in [5, 5.41) is 0. The summed E-state index contributed by atoms with van der Waals surface area (Å²) in [7, 11) is 1.54. The number of hydrogen-bond donors (Lipinski definition) is 1. The Kier molecular flexibility index (Phi) is 2.63. The van der Waals surface area contributed by atoms with Crippen LogP contribution in [0.3, 0.4) is 0 Å². The average Bonchev–Trinajstić information content (AvgIpc) is 2.17. The van der Waals surface area contributed by atoms with Crippen LogP contribution in [0.2, 0.25) is 0 Å². The molecule has 0 radical (unpaired) electrons. The highest BCUT2D eigenvalue weighted by Gasteiger charge is 1.97. The monoisotopic (exact) mass is 165 g/mol. The summed E-state index contributed by atoms with van der Waals surface area (Å²) in [6.07, 6.45) is 4.89. The molecule has 0 bridgehead atoms. The highest BCUT2D eigenvalue weighted by atomic mass is 16.5. The van der Waals surface area contributed by atoms with E-state index < -0.39 is 0 Å². The van der Waals surface area contributed by atoms with Gasteiger partial charge in [-0.05, 0) is 6.92 Å². The number of hydrogen-bond acceptors (Lipinski definition) is 4. The molecule has 0 spiro atoms. The van der Waals surface area contributed by atoms with Gasteiger partial charge in [0.25, 0.3) is 0 Å². The molecule has 0 aliphatic rings. The summed E-state index contributed by atoms with van der Waals surface area (Å²) < 4.78 is 4.85. The van der Waals surface area contributed by atoms with Crippen molar-refractivity contribution in [3.63, 3.8) is 0 Å². The van der Waals surface area contributed by atoms with E-state index in [1.807, 2.05) is 6.92 Å². The number of methoxy groups -OCH3 is 1. The first-order valence-electron chi connectivity index (χ1n) is 3.56. The Morgan fingerprint density at radius 1 is 1.50 bits per heavy atom. The van der Waals surface area contributed by atoms with Gasteiger partial charge in [0.15, 0.2) is 0 Å². The Morgan fingerprint density at radius 3 is 2.67 bits per heavy atom. The van der Waals surface area contributed by atoms with Crippen LogP contribution in [-0.2, 0) is 0 Å². The number of nitrogens with two attached hydrogens (primary N) is 1. The van der Waals surface area contributed by atoms with E-state index in [1.165, 1.54) is 6.20 Å². The number of rotatable bonds is 2. The van der Waals surface area contributed by atoms with Crippen molar-refractivity contribution in [2.45, 2.75) is 6.92 Å². The molecule has 0 atom stereocenters. The normalized spacial score (nSPS) is 11.3. The topological polar surface area (TPSA) is 61.0 Å². The van der Waals surface area contributed by atoms with Crippen molar-refractivity contribution >= 4 is 5.70 Å². The molecule has 0 unspecified atom stereocenters. The second-order valence-corrected chi connectivity index (χ2v) is 2.19. The summed E-state index contributed by atoms with van der Waals surface area (Å²) in [6, 6.07) is 0. The zero-order chi connectivity index (χ0) is 8.97. The largest absolute Gasteiger partial charge is 0.480 e. The average molecular weight is 165 g/mol. The summed E-state index contributed by atoms with van der Waals surface area (Å²) in [5.74, 6) is 0.489. The van der Waals surface area contributed by atoms with Gasteiger partial charge < -0.3 is 10.5 Å². The molecule has 1 rings (SSSR count). The lowest BCUT2D eigenvalue weighted by molar-refractivity contribution is 0.395. The minimum absolute atomic E-state index is 0.489. The van der Waals surface area contributed by atoms with Crippen molar-refractivity contribution in [2.75, 3.05) is 7.11 Å². The van der Waals surface area contributed by atoms with Gasteiger partial charge in [-0.15, -0.1) is 0 Å². The first-order valence-corrected chi connectivity index (χ1v) is 3.56. The molecule has 1 heterocycles.